The minimum atomic E-state index is 0.478. The summed E-state index contributed by atoms with van der Waals surface area (Å²) in [6.07, 6.45) is 0. The molecule has 0 saturated heterocycles. The molecule has 0 fully saturated rings. The van der Waals surface area contributed by atoms with Crippen molar-refractivity contribution in [3.63, 3.8) is 0 Å². The average molecular weight is 322 g/mol. The number of likely N-dealkylation sites (N-methyl/N-ethyl adjacent to an activating group) is 2. The van der Waals surface area contributed by atoms with Crippen molar-refractivity contribution in [1.82, 2.24) is 9.80 Å². The second kappa shape index (κ2) is 10.2. The van der Waals surface area contributed by atoms with E-state index in [-0.39, 0.29) is 0 Å². The van der Waals surface area contributed by atoms with E-state index >= 15 is 0 Å². The first-order valence-corrected chi connectivity index (χ1v) is 7.93. The predicted molar refractivity (Wildman–Crippen MR) is 73.1 cm³/mol. The van der Waals surface area contributed by atoms with E-state index in [9.17, 15) is 0 Å². The molecule has 0 aliphatic heterocycles. The normalized spacial score (nSPS) is 12.5. The molecule has 1 rings (SSSR count). The molecule has 0 radical (unpaired) electrons. The zero-order valence-corrected chi connectivity index (χ0v) is 13.1. The quantitative estimate of drug-likeness (QED) is 0.786. The van der Waals surface area contributed by atoms with E-state index in [2.05, 4.69) is 68.3 Å². The standard InChI is InChI=1S/C12H20N2.2ClH.Ni/c1-13(2)10-12(14(3)4)11-8-6-5-7-9-11;;;/h5-9,12H,10H2,1-4H3;2*1H;/q;;;+2/p-2. The van der Waals surface area contributed by atoms with Gasteiger partial charge in [-0.15, -0.1) is 0 Å². The van der Waals surface area contributed by atoms with Crippen LogP contribution in [0.1, 0.15) is 11.6 Å². The molecule has 0 spiro atoms. The minimum absolute atomic E-state index is 0.478. The summed E-state index contributed by atoms with van der Waals surface area (Å²) in [5.74, 6) is 0. The van der Waals surface area contributed by atoms with Crippen LogP contribution in [0, 0.1) is 0 Å². The summed E-state index contributed by atoms with van der Waals surface area (Å²) in [6, 6.07) is 11.1. The Balaban J connectivity index is 0.000000770. The Kier molecular flexibility index (Phi) is 10.3. The van der Waals surface area contributed by atoms with Crippen LogP contribution in [0.3, 0.4) is 0 Å². The number of rotatable bonds is 4. The Morgan fingerprint density at radius 2 is 1.53 bits per heavy atom. The molecule has 0 aromatic heterocycles. The van der Waals surface area contributed by atoms with Crippen molar-refractivity contribution < 1.29 is 12.7 Å². The molecule has 2 nitrogen and oxygen atoms in total. The van der Waals surface area contributed by atoms with Crippen molar-refractivity contribution in [2.45, 2.75) is 6.04 Å². The molecule has 0 bridgehead atoms. The summed E-state index contributed by atoms with van der Waals surface area (Å²) in [5.41, 5.74) is 1.38. The first-order chi connectivity index (χ1) is 8.02. The van der Waals surface area contributed by atoms with E-state index in [0.29, 0.717) is 18.7 Å². The van der Waals surface area contributed by atoms with Gasteiger partial charge in [-0.2, -0.15) is 0 Å². The van der Waals surface area contributed by atoms with Gasteiger partial charge in [0.25, 0.3) is 0 Å². The number of hydrogen-bond donors (Lipinski definition) is 0. The van der Waals surface area contributed by atoms with Crippen LogP contribution in [0.25, 0.3) is 0 Å². The summed E-state index contributed by atoms with van der Waals surface area (Å²) < 4.78 is 0. The Bertz CT molecular complexity index is 281. The number of halogens is 2. The zero-order valence-electron chi connectivity index (χ0n) is 10.6. The number of benzene rings is 1. The van der Waals surface area contributed by atoms with Gasteiger partial charge < -0.3 is 9.80 Å². The summed E-state index contributed by atoms with van der Waals surface area (Å²) in [4.78, 5) is 4.48. The fraction of sp³-hybridized carbons (Fsp3) is 0.500. The third-order valence-electron chi connectivity index (χ3n) is 2.35. The van der Waals surface area contributed by atoms with Crippen LogP contribution in [0.2, 0.25) is 0 Å². The maximum atomic E-state index is 4.70. The Morgan fingerprint density at radius 3 is 1.88 bits per heavy atom. The van der Waals surface area contributed by atoms with Gasteiger partial charge in [0, 0.05) is 12.6 Å². The van der Waals surface area contributed by atoms with Gasteiger partial charge >= 0.3 is 33.0 Å². The number of hydrogen-bond acceptors (Lipinski definition) is 2. The van der Waals surface area contributed by atoms with E-state index in [1.807, 2.05) is 0 Å². The first-order valence-electron chi connectivity index (χ1n) is 5.21. The van der Waals surface area contributed by atoms with Gasteiger partial charge in [0.2, 0.25) is 0 Å². The van der Waals surface area contributed by atoms with E-state index < -0.39 is 0 Å². The van der Waals surface area contributed by atoms with E-state index in [1.165, 1.54) is 5.56 Å². The van der Waals surface area contributed by atoms with Crippen molar-refractivity contribution in [2.75, 3.05) is 34.7 Å². The van der Waals surface area contributed by atoms with Gasteiger partial charge in [-0.3, -0.25) is 0 Å². The van der Waals surface area contributed by atoms with Gasteiger partial charge in [0.1, 0.15) is 0 Å². The van der Waals surface area contributed by atoms with Crippen LogP contribution < -0.4 is 0 Å². The van der Waals surface area contributed by atoms with E-state index in [0.717, 1.165) is 6.54 Å². The molecule has 1 aromatic rings. The van der Waals surface area contributed by atoms with Crippen molar-refractivity contribution in [2.24, 2.45) is 0 Å². The third-order valence-corrected chi connectivity index (χ3v) is 2.35. The maximum absolute atomic E-state index is 4.70. The molecule has 0 aliphatic carbocycles. The van der Waals surface area contributed by atoms with Crippen molar-refractivity contribution in [1.29, 1.82) is 0 Å². The van der Waals surface area contributed by atoms with Crippen LogP contribution >= 0.6 is 20.4 Å². The Morgan fingerprint density at radius 1 is 1.06 bits per heavy atom. The van der Waals surface area contributed by atoms with Gasteiger partial charge in [-0.25, -0.2) is 0 Å². The van der Waals surface area contributed by atoms with Crippen LogP contribution in [0.15, 0.2) is 30.3 Å². The summed E-state index contributed by atoms with van der Waals surface area (Å²) >= 11 is 0.569. The molecule has 102 valence electrons. The molecule has 0 N–H and O–H groups in total. The second-order valence-corrected chi connectivity index (χ2v) is 5.83. The topological polar surface area (TPSA) is 6.48 Å². The van der Waals surface area contributed by atoms with Gasteiger partial charge in [-0.1, -0.05) is 30.3 Å². The van der Waals surface area contributed by atoms with Gasteiger partial charge in [0.05, 0.1) is 0 Å². The first kappa shape index (κ1) is 17.2. The van der Waals surface area contributed by atoms with Crippen molar-refractivity contribution in [3.05, 3.63) is 35.9 Å². The third kappa shape index (κ3) is 8.02. The van der Waals surface area contributed by atoms with Gasteiger partial charge in [-0.05, 0) is 33.8 Å². The number of nitrogens with zero attached hydrogens (tertiary/aromatic N) is 2. The average Bonchev–Trinajstić information content (AvgIpc) is 2.27. The molecular weight excluding hydrogens is 302 g/mol. The Hall–Kier alpha value is 0.214. The van der Waals surface area contributed by atoms with E-state index in [1.54, 1.807) is 0 Å². The molecule has 17 heavy (non-hydrogen) atoms. The summed E-state index contributed by atoms with van der Waals surface area (Å²) in [7, 11) is 17.9. The van der Waals surface area contributed by atoms with Gasteiger partial charge in [0.15, 0.2) is 0 Å². The van der Waals surface area contributed by atoms with Crippen LogP contribution in [-0.2, 0) is 12.7 Å². The molecule has 1 unspecified atom stereocenters. The molecule has 1 atom stereocenters. The predicted octanol–water partition coefficient (Wildman–Crippen LogP) is 3.23. The SMILES string of the molecule is CN(C)CC(c1ccccc1)N(C)C.[Cl][Ni][Cl]. The Labute approximate surface area is 119 Å². The van der Waals surface area contributed by atoms with Crippen LogP contribution in [0.4, 0.5) is 0 Å². The molecule has 0 saturated carbocycles. The van der Waals surface area contributed by atoms with Crippen LogP contribution in [0.5, 0.6) is 0 Å². The van der Waals surface area contributed by atoms with Crippen molar-refractivity contribution >= 4 is 20.4 Å². The van der Waals surface area contributed by atoms with Crippen LogP contribution in [-0.4, -0.2) is 44.5 Å². The molecule has 0 aliphatic rings. The van der Waals surface area contributed by atoms with Crippen molar-refractivity contribution in [3.8, 4) is 0 Å². The zero-order chi connectivity index (χ0) is 13.3. The second-order valence-electron chi connectivity index (χ2n) is 4.20. The molecule has 0 heterocycles. The molecule has 0 amide bonds. The molecule has 1 aromatic carbocycles. The van der Waals surface area contributed by atoms with E-state index in [4.69, 9.17) is 20.4 Å². The fourth-order valence-electron chi connectivity index (χ4n) is 1.59. The molecular formula is C12H20Cl2N2Ni. The monoisotopic (exact) mass is 320 g/mol. The summed E-state index contributed by atoms with van der Waals surface area (Å²) in [6.45, 7) is 1.05. The fourth-order valence-corrected chi connectivity index (χ4v) is 1.59. The summed E-state index contributed by atoms with van der Waals surface area (Å²) in [5, 5.41) is 0. The molecule has 5 heteroatoms.